The number of methoxy groups -OCH3 is 1. The van der Waals surface area contributed by atoms with Crippen molar-refractivity contribution in [1.29, 1.82) is 0 Å². The van der Waals surface area contributed by atoms with E-state index in [2.05, 4.69) is 22.5 Å². The van der Waals surface area contributed by atoms with Gasteiger partial charge in [0.2, 0.25) is 0 Å². The maximum Gasteiger partial charge on any atom is 0.191 e. The van der Waals surface area contributed by atoms with E-state index in [-0.39, 0.29) is 0 Å². The Bertz CT molecular complexity index is 557. The van der Waals surface area contributed by atoms with Crippen LogP contribution in [0.25, 0.3) is 0 Å². The van der Waals surface area contributed by atoms with Crippen molar-refractivity contribution in [1.82, 2.24) is 15.5 Å². The topological polar surface area (TPSA) is 58.1 Å². The van der Waals surface area contributed by atoms with Gasteiger partial charge in [-0.2, -0.15) is 0 Å². The third-order valence-corrected chi connectivity index (χ3v) is 4.46. The van der Waals surface area contributed by atoms with Crippen molar-refractivity contribution in [2.75, 3.05) is 46.4 Å². The van der Waals surface area contributed by atoms with Crippen molar-refractivity contribution < 1.29 is 9.47 Å². The summed E-state index contributed by atoms with van der Waals surface area (Å²) in [5, 5.41) is 6.76. The highest BCUT2D eigenvalue weighted by atomic mass is 16.5. The van der Waals surface area contributed by atoms with Gasteiger partial charge in [0, 0.05) is 19.6 Å². The second-order valence-corrected chi connectivity index (χ2v) is 6.44. The molecule has 1 aromatic rings. The highest BCUT2D eigenvalue weighted by Crippen LogP contribution is 2.28. The fraction of sp³-hybridized carbons (Fsp3) is 0.650. The lowest BCUT2D eigenvalue weighted by Gasteiger charge is -2.26. The fourth-order valence-electron chi connectivity index (χ4n) is 3.12. The van der Waals surface area contributed by atoms with Gasteiger partial charge in [0.25, 0.3) is 0 Å². The van der Waals surface area contributed by atoms with Gasteiger partial charge < -0.3 is 25.0 Å². The Labute approximate surface area is 158 Å². The van der Waals surface area contributed by atoms with Crippen LogP contribution in [-0.2, 0) is 6.54 Å². The molecule has 0 bridgehead atoms. The van der Waals surface area contributed by atoms with Gasteiger partial charge in [-0.05, 0) is 57.5 Å². The fourth-order valence-corrected chi connectivity index (χ4v) is 3.12. The highest BCUT2D eigenvalue weighted by Gasteiger charge is 2.09. The van der Waals surface area contributed by atoms with E-state index in [4.69, 9.17) is 14.5 Å². The highest BCUT2D eigenvalue weighted by molar-refractivity contribution is 5.79. The van der Waals surface area contributed by atoms with Gasteiger partial charge in [-0.25, -0.2) is 4.99 Å². The standard InChI is InChI=1S/C20H34N4O2/c1-4-21-20(22-11-14-24-12-7-6-8-13-24)23-16-17-9-10-18(25-3)19(15-17)26-5-2/h9-10,15H,4-8,11-14,16H2,1-3H3,(H2,21,22,23). The first-order chi connectivity index (χ1) is 12.8. The van der Waals surface area contributed by atoms with Gasteiger partial charge >= 0.3 is 0 Å². The Morgan fingerprint density at radius 2 is 1.92 bits per heavy atom. The van der Waals surface area contributed by atoms with Crippen molar-refractivity contribution >= 4 is 5.96 Å². The van der Waals surface area contributed by atoms with Crippen LogP contribution >= 0.6 is 0 Å². The van der Waals surface area contributed by atoms with Gasteiger partial charge in [-0.15, -0.1) is 0 Å². The summed E-state index contributed by atoms with van der Waals surface area (Å²) >= 11 is 0. The molecule has 0 atom stereocenters. The van der Waals surface area contributed by atoms with E-state index in [9.17, 15) is 0 Å². The summed E-state index contributed by atoms with van der Waals surface area (Å²) < 4.78 is 11.0. The molecule has 1 aromatic carbocycles. The zero-order chi connectivity index (χ0) is 18.6. The lowest BCUT2D eigenvalue weighted by atomic mass is 10.1. The number of piperidine rings is 1. The Morgan fingerprint density at radius 1 is 1.12 bits per heavy atom. The molecule has 26 heavy (non-hydrogen) atoms. The molecule has 0 aliphatic carbocycles. The first-order valence-corrected chi connectivity index (χ1v) is 9.81. The number of nitrogens with one attached hydrogen (secondary N) is 2. The molecule has 1 saturated heterocycles. The quantitative estimate of drug-likeness (QED) is 0.522. The third kappa shape index (κ3) is 6.75. The number of rotatable bonds is 9. The number of nitrogens with zero attached hydrogens (tertiary/aromatic N) is 2. The predicted octanol–water partition coefficient (Wildman–Crippen LogP) is 2.63. The van der Waals surface area contributed by atoms with Gasteiger partial charge in [-0.3, -0.25) is 0 Å². The molecule has 1 aliphatic heterocycles. The van der Waals surface area contributed by atoms with E-state index in [1.165, 1.54) is 32.4 Å². The minimum absolute atomic E-state index is 0.600. The summed E-state index contributed by atoms with van der Waals surface area (Å²) in [6, 6.07) is 5.97. The van der Waals surface area contributed by atoms with E-state index in [1.54, 1.807) is 7.11 Å². The van der Waals surface area contributed by atoms with Crippen molar-refractivity contribution in [2.24, 2.45) is 4.99 Å². The molecule has 0 aromatic heterocycles. The third-order valence-electron chi connectivity index (χ3n) is 4.46. The van der Waals surface area contributed by atoms with Gasteiger partial charge in [0.05, 0.1) is 20.3 Å². The zero-order valence-corrected chi connectivity index (χ0v) is 16.5. The molecule has 0 spiro atoms. The number of likely N-dealkylation sites (tertiary alicyclic amines) is 1. The molecule has 146 valence electrons. The lowest BCUT2D eigenvalue weighted by molar-refractivity contribution is 0.232. The SMILES string of the molecule is CCNC(=NCc1ccc(OC)c(OCC)c1)NCCN1CCCCC1. The lowest BCUT2D eigenvalue weighted by Crippen LogP contribution is -2.42. The second-order valence-electron chi connectivity index (χ2n) is 6.44. The zero-order valence-electron chi connectivity index (χ0n) is 16.5. The largest absolute Gasteiger partial charge is 0.493 e. The van der Waals surface area contributed by atoms with E-state index in [0.717, 1.165) is 42.7 Å². The van der Waals surface area contributed by atoms with E-state index < -0.39 is 0 Å². The van der Waals surface area contributed by atoms with Gasteiger partial charge in [-0.1, -0.05) is 12.5 Å². The van der Waals surface area contributed by atoms with Crippen LogP contribution in [0.1, 0.15) is 38.7 Å². The number of hydrogen-bond acceptors (Lipinski definition) is 4. The maximum absolute atomic E-state index is 5.64. The van der Waals surface area contributed by atoms with Crippen LogP contribution in [0.15, 0.2) is 23.2 Å². The van der Waals surface area contributed by atoms with E-state index >= 15 is 0 Å². The Balaban J connectivity index is 1.89. The van der Waals surface area contributed by atoms with E-state index in [0.29, 0.717) is 13.2 Å². The second kappa shape index (κ2) is 11.6. The summed E-state index contributed by atoms with van der Waals surface area (Å²) in [5.74, 6) is 2.38. The molecule has 2 rings (SSSR count). The van der Waals surface area contributed by atoms with Crippen molar-refractivity contribution in [3.63, 3.8) is 0 Å². The van der Waals surface area contributed by atoms with Crippen molar-refractivity contribution in [2.45, 2.75) is 39.7 Å². The molecular formula is C20H34N4O2. The van der Waals surface area contributed by atoms with E-state index in [1.807, 2.05) is 25.1 Å². The normalized spacial score (nSPS) is 15.6. The van der Waals surface area contributed by atoms with Crippen LogP contribution in [0.5, 0.6) is 11.5 Å². The average molecular weight is 363 g/mol. The summed E-state index contributed by atoms with van der Waals surface area (Å²) in [5.41, 5.74) is 1.10. The molecule has 1 heterocycles. The summed E-state index contributed by atoms with van der Waals surface area (Å²) in [6.07, 6.45) is 4.03. The monoisotopic (exact) mass is 362 g/mol. The number of hydrogen-bond donors (Lipinski definition) is 2. The van der Waals surface area contributed by atoms with Crippen LogP contribution < -0.4 is 20.1 Å². The van der Waals surface area contributed by atoms with Crippen LogP contribution in [0.3, 0.4) is 0 Å². The molecular weight excluding hydrogens is 328 g/mol. The maximum atomic E-state index is 5.64. The van der Waals surface area contributed by atoms with Crippen LogP contribution in [0.2, 0.25) is 0 Å². The Kier molecular flexibility index (Phi) is 9.10. The molecule has 0 radical (unpaired) electrons. The minimum Gasteiger partial charge on any atom is -0.493 e. The molecule has 0 amide bonds. The molecule has 1 aliphatic rings. The first-order valence-electron chi connectivity index (χ1n) is 9.81. The predicted molar refractivity (Wildman–Crippen MR) is 107 cm³/mol. The average Bonchev–Trinajstić information content (AvgIpc) is 2.67. The number of guanidine groups is 1. The van der Waals surface area contributed by atoms with Gasteiger partial charge in [0.1, 0.15) is 0 Å². The molecule has 1 fully saturated rings. The summed E-state index contributed by atoms with van der Waals surface area (Å²) in [7, 11) is 1.66. The van der Waals surface area contributed by atoms with Crippen LogP contribution in [0, 0.1) is 0 Å². The summed E-state index contributed by atoms with van der Waals surface area (Å²) in [6.45, 7) is 10.6. The van der Waals surface area contributed by atoms with Crippen molar-refractivity contribution in [3.8, 4) is 11.5 Å². The van der Waals surface area contributed by atoms with Crippen LogP contribution in [0.4, 0.5) is 0 Å². The number of benzene rings is 1. The molecule has 0 unspecified atom stereocenters. The summed E-state index contributed by atoms with van der Waals surface area (Å²) in [4.78, 5) is 7.23. The first kappa shape index (κ1) is 20.4. The molecule has 6 nitrogen and oxygen atoms in total. The molecule has 6 heteroatoms. The van der Waals surface area contributed by atoms with Gasteiger partial charge in [0.15, 0.2) is 17.5 Å². The molecule has 2 N–H and O–H groups in total. The number of aliphatic imine (C=N–C) groups is 1. The Hall–Kier alpha value is -1.95. The minimum atomic E-state index is 0.600. The molecule has 0 saturated carbocycles. The van der Waals surface area contributed by atoms with Crippen molar-refractivity contribution in [3.05, 3.63) is 23.8 Å². The smallest absolute Gasteiger partial charge is 0.191 e. The number of ether oxygens (including phenoxy) is 2. The Morgan fingerprint density at radius 3 is 2.62 bits per heavy atom. The van der Waals surface area contributed by atoms with Crippen LogP contribution in [-0.4, -0.2) is 57.3 Å².